The molecule has 3 heterocycles. The molecule has 7 nitrogen and oxygen atoms in total. The molecule has 0 bridgehead atoms. The average Bonchev–Trinajstić information content (AvgIpc) is 3.30. The highest BCUT2D eigenvalue weighted by atomic mass is 16.5. The average molecular weight is 426 g/mol. The first-order valence-corrected chi connectivity index (χ1v) is 11.9. The van der Waals surface area contributed by atoms with Gasteiger partial charge in [-0.2, -0.15) is 0 Å². The zero-order valence-electron chi connectivity index (χ0n) is 18.6. The van der Waals surface area contributed by atoms with Crippen LogP contribution >= 0.6 is 0 Å². The Labute approximate surface area is 184 Å². The number of morpholine rings is 1. The Morgan fingerprint density at radius 1 is 1.29 bits per heavy atom. The van der Waals surface area contributed by atoms with Gasteiger partial charge in [0.05, 0.1) is 36.0 Å². The Bertz CT molecular complexity index is 908. The van der Waals surface area contributed by atoms with Crippen molar-refractivity contribution in [3.05, 3.63) is 30.1 Å². The summed E-state index contributed by atoms with van der Waals surface area (Å²) in [5.74, 6) is 0.716. The van der Waals surface area contributed by atoms with Gasteiger partial charge in [0, 0.05) is 32.2 Å². The number of ether oxygens (including phenoxy) is 1. The van der Waals surface area contributed by atoms with E-state index in [0.717, 1.165) is 88.2 Å². The van der Waals surface area contributed by atoms with E-state index in [1.54, 1.807) is 6.33 Å². The van der Waals surface area contributed by atoms with Crippen molar-refractivity contribution >= 4 is 16.9 Å². The molecule has 0 radical (unpaired) electrons. The molecule has 31 heavy (non-hydrogen) atoms. The number of hydrogen-bond acceptors (Lipinski definition) is 5. The van der Waals surface area contributed by atoms with Gasteiger partial charge in [-0.1, -0.05) is 13.0 Å². The molecular weight excluding hydrogens is 390 g/mol. The molecule has 168 valence electrons. The molecule has 2 aliphatic heterocycles. The van der Waals surface area contributed by atoms with E-state index in [1.165, 1.54) is 0 Å². The van der Waals surface area contributed by atoms with Crippen LogP contribution in [0.5, 0.6) is 0 Å². The van der Waals surface area contributed by atoms with Crippen molar-refractivity contribution < 1.29 is 9.53 Å². The molecule has 1 aliphatic carbocycles. The van der Waals surface area contributed by atoms with E-state index in [2.05, 4.69) is 44.1 Å². The van der Waals surface area contributed by atoms with Crippen LogP contribution in [0.2, 0.25) is 0 Å². The highest BCUT2D eigenvalue weighted by Gasteiger charge is 2.52. The van der Waals surface area contributed by atoms with Gasteiger partial charge in [-0.3, -0.25) is 9.69 Å². The molecule has 1 amide bonds. The van der Waals surface area contributed by atoms with Crippen LogP contribution in [0.15, 0.2) is 24.5 Å². The number of rotatable bonds is 5. The van der Waals surface area contributed by atoms with E-state index in [0.29, 0.717) is 18.5 Å². The lowest BCUT2D eigenvalue weighted by Gasteiger charge is -2.53. The van der Waals surface area contributed by atoms with Gasteiger partial charge < -0.3 is 19.9 Å². The number of hydrogen-bond donors (Lipinski definition) is 2. The Hall–Kier alpha value is -1.96. The van der Waals surface area contributed by atoms with Crippen molar-refractivity contribution in [3.63, 3.8) is 0 Å². The number of aromatic amines is 1. The second-order valence-corrected chi connectivity index (χ2v) is 9.52. The first-order valence-electron chi connectivity index (χ1n) is 11.9. The van der Waals surface area contributed by atoms with E-state index < -0.39 is 0 Å². The molecule has 0 spiro atoms. The van der Waals surface area contributed by atoms with Crippen LogP contribution < -0.4 is 5.32 Å². The van der Waals surface area contributed by atoms with Gasteiger partial charge in [-0.15, -0.1) is 0 Å². The predicted molar refractivity (Wildman–Crippen MR) is 121 cm³/mol. The first kappa shape index (κ1) is 20.9. The Morgan fingerprint density at radius 2 is 2.16 bits per heavy atom. The van der Waals surface area contributed by atoms with E-state index in [9.17, 15) is 4.79 Å². The van der Waals surface area contributed by atoms with Crippen LogP contribution in [-0.2, 0) is 16.1 Å². The maximum absolute atomic E-state index is 13.7. The summed E-state index contributed by atoms with van der Waals surface area (Å²) < 4.78 is 5.56. The minimum absolute atomic E-state index is 0.251. The van der Waals surface area contributed by atoms with Crippen LogP contribution in [0, 0.1) is 11.3 Å². The fraction of sp³-hybridized carbons (Fsp3) is 0.667. The molecule has 3 atom stereocenters. The maximum atomic E-state index is 13.7. The van der Waals surface area contributed by atoms with E-state index in [1.807, 2.05) is 6.07 Å². The lowest BCUT2D eigenvalue weighted by Crippen LogP contribution is -2.60. The smallest absolute Gasteiger partial charge is 0.228 e. The Balaban J connectivity index is 1.30. The number of benzene rings is 1. The van der Waals surface area contributed by atoms with E-state index in [4.69, 9.17) is 4.74 Å². The standard InChI is InChI=1S/C24H35N5O2/c1-2-28-8-6-19-14-20(29-9-11-31-12-10-29)5-7-24(19,16-28)23(30)25-15-18-3-4-21-22(13-18)27-17-26-21/h3-4,13,17,19-20H,2,5-12,14-16H2,1H3,(H,25,30)(H,26,27)/t19-,20+,24-/m1/s1. The molecule has 3 fully saturated rings. The van der Waals surface area contributed by atoms with Crippen molar-refractivity contribution in [2.45, 2.75) is 45.2 Å². The van der Waals surface area contributed by atoms with E-state index >= 15 is 0 Å². The normalized spacial score (nSPS) is 30.2. The van der Waals surface area contributed by atoms with Crippen molar-refractivity contribution in [1.29, 1.82) is 0 Å². The molecule has 7 heteroatoms. The lowest BCUT2D eigenvalue weighted by molar-refractivity contribution is -0.145. The highest BCUT2D eigenvalue weighted by Crippen LogP contribution is 2.47. The van der Waals surface area contributed by atoms with Crippen LogP contribution in [0.4, 0.5) is 0 Å². The minimum atomic E-state index is -0.255. The van der Waals surface area contributed by atoms with Crippen LogP contribution in [-0.4, -0.2) is 77.7 Å². The molecule has 1 saturated carbocycles. The maximum Gasteiger partial charge on any atom is 0.228 e. The van der Waals surface area contributed by atoms with Crippen LogP contribution in [0.3, 0.4) is 0 Å². The summed E-state index contributed by atoms with van der Waals surface area (Å²) in [6.07, 6.45) is 6.08. The third kappa shape index (κ3) is 4.11. The van der Waals surface area contributed by atoms with Gasteiger partial charge in [-0.05, 0) is 62.4 Å². The fourth-order valence-corrected chi connectivity index (χ4v) is 6.08. The summed E-state index contributed by atoms with van der Waals surface area (Å²) in [5, 5.41) is 3.32. The molecule has 1 aromatic heterocycles. The summed E-state index contributed by atoms with van der Waals surface area (Å²) in [5.41, 5.74) is 2.84. The minimum Gasteiger partial charge on any atom is -0.379 e. The Kier molecular flexibility index (Phi) is 5.99. The summed E-state index contributed by atoms with van der Waals surface area (Å²) in [6, 6.07) is 6.77. The second kappa shape index (κ2) is 8.88. The van der Waals surface area contributed by atoms with E-state index in [-0.39, 0.29) is 11.3 Å². The monoisotopic (exact) mass is 425 g/mol. The summed E-state index contributed by atoms with van der Waals surface area (Å²) >= 11 is 0. The zero-order valence-corrected chi connectivity index (χ0v) is 18.6. The van der Waals surface area contributed by atoms with Crippen LogP contribution in [0.25, 0.3) is 11.0 Å². The zero-order chi connectivity index (χ0) is 21.3. The number of carbonyl (C=O) groups excluding carboxylic acids is 1. The Morgan fingerprint density at radius 3 is 3.00 bits per heavy atom. The second-order valence-electron chi connectivity index (χ2n) is 9.52. The number of aromatic nitrogens is 2. The van der Waals surface area contributed by atoms with Crippen molar-refractivity contribution in [3.8, 4) is 0 Å². The summed E-state index contributed by atoms with van der Waals surface area (Å²) in [4.78, 5) is 26.2. The summed E-state index contributed by atoms with van der Waals surface area (Å²) in [7, 11) is 0. The number of H-pyrrole nitrogens is 1. The molecule has 2 aromatic rings. The van der Waals surface area contributed by atoms with Crippen molar-refractivity contribution in [2.75, 3.05) is 45.9 Å². The fourth-order valence-electron chi connectivity index (χ4n) is 6.08. The highest BCUT2D eigenvalue weighted by molar-refractivity contribution is 5.84. The van der Waals surface area contributed by atoms with Crippen LogP contribution in [0.1, 0.15) is 38.2 Å². The molecular formula is C24H35N5O2. The SMILES string of the molecule is CCN1CC[C@@H]2C[C@@H](N3CCOCC3)CC[C@@]2(C(=O)NCc2ccc3nc[nH]c3c2)C1. The number of fused-ring (bicyclic) bond motifs is 2. The summed E-state index contributed by atoms with van der Waals surface area (Å²) in [6.45, 7) is 9.57. The third-order valence-electron chi connectivity index (χ3n) is 7.96. The predicted octanol–water partition coefficient (Wildman–Crippen LogP) is 2.39. The number of imidazole rings is 1. The molecule has 2 saturated heterocycles. The number of nitrogens with one attached hydrogen (secondary N) is 2. The van der Waals surface area contributed by atoms with Gasteiger partial charge in [-0.25, -0.2) is 4.98 Å². The van der Waals surface area contributed by atoms with Gasteiger partial charge in [0.2, 0.25) is 5.91 Å². The molecule has 5 rings (SSSR count). The number of carbonyl (C=O) groups is 1. The number of likely N-dealkylation sites (tertiary alicyclic amines) is 1. The number of nitrogens with zero attached hydrogens (tertiary/aromatic N) is 3. The largest absolute Gasteiger partial charge is 0.379 e. The third-order valence-corrected chi connectivity index (χ3v) is 7.96. The topological polar surface area (TPSA) is 73.5 Å². The van der Waals surface area contributed by atoms with Gasteiger partial charge >= 0.3 is 0 Å². The lowest BCUT2D eigenvalue weighted by atomic mass is 9.61. The van der Waals surface area contributed by atoms with Crippen molar-refractivity contribution in [1.82, 2.24) is 25.1 Å². The van der Waals surface area contributed by atoms with Gasteiger partial charge in [0.15, 0.2) is 0 Å². The van der Waals surface area contributed by atoms with Gasteiger partial charge in [0.25, 0.3) is 0 Å². The van der Waals surface area contributed by atoms with Crippen molar-refractivity contribution in [2.24, 2.45) is 11.3 Å². The molecule has 3 aliphatic rings. The molecule has 1 aromatic carbocycles. The quantitative estimate of drug-likeness (QED) is 0.770. The number of amides is 1. The number of piperidine rings is 1. The molecule has 0 unspecified atom stereocenters. The first-order chi connectivity index (χ1) is 15.2. The van der Waals surface area contributed by atoms with Gasteiger partial charge in [0.1, 0.15) is 0 Å². The molecule has 2 N–H and O–H groups in total.